The molecule has 0 spiro atoms. The summed E-state index contributed by atoms with van der Waals surface area (Å²) in [7, 11) is 0. The number of nitrogens with two attached hydrogens (primary N) is 1. The van der Waals surface area contributed by atoms with Gasteiger partial charge in [-0.15, -0.1) is 0 Å². The van der Waals surface area contributed by atoms with E-state index in [0.29, 0.717) is 24.4 Å². The van der Waals surface area contributed by atoms with Crippen molar-refractivity contribution in [2.45, 2.75) is 76.3 Å². The van der Waals surface area contributed by atoms with E-state index in [4.69, 9.17) is 10.7 Å². The lowest BCUT2D eigenvalue weighted by molar-refractivity contribution is -0.122. The number of carbonyl (C=O) groups excluding carboxylic acids is 2. The molecule has 6 heteroatoms. The fourth-order valence-corrected chi connectivity index (χ4v) is 5.50. The number of carbonyl (C=O) groups is 2. The van der Waals surface area contributed by atoms with Crippen LogP contribution >= 0.6 is 0 Å². The summed E-state index contributed by atoms with van der Waals surface area (Å²) in [6.45, 7) is 2.02. The number of hydrogen-bond donors (Lipinski definition) is 3. The monoisotopic (exact) mass is 510 g/mol. The number of aromatic nitrogens is 1. The van der Waals surface area contributed by atoms with E-state index in [9.17, 15) is 9.59 Å². The van der Waals surface area contributed by atoms with E-state index in [-0.39, 0.29) is 23.4 Å². The highest BCUT2D eigenvalue weighted by molar-refractivity contribution is 5.93. The Bertz CT molecular complexity index is 1260. The number of amides is 2. The van der Waals surface area contributed by atoms with Gasteiger partial charge in [0.05, 0.1) is 17.6 Å². The first-order valence-electron chi connectivity index (χ1n) is 14.0. The van der Waals surface area contributed by atoms with Crippen LogP contribution < -0.4 is 16.4 Å². The highest BCUT2D eigenvalue weighted by Gasteiger charge is 2.39. The van der Waals surface area contributed by atoms with Crippen molar-refractivity contribution in [1.82, 2.24) is 10.3 Å². The van der Waals surface area contributed by atoms with Gasteiger partial charge in [0.2, 0.25) is 11.8 Å². The Labute approximate surface area is 225 Å². The average Bonchev–Trinajstić information content (AvgIpc) is 3.69. The number of hydrogen-bond acceptors (Lipinski definition) is 4. The van der Waals surface area contributed by atoms with Crippen molar-refractivity contribution >= 4 is 17.5 Å². The van der Waals surface area contributed by atoms with Crippen LogP contribution in [0.25, 0.3) is 22.4 Å². The number of anilines is 1. The molecule has 0 aliphatic heterocycles. The van der Waals surface area contributed by atoms with E-state index in [0.717, 1.165) is 67.3 Å². The van der Waals surface area contributed by atoms with Gasteiger partial charge in [0.15, 0.2) is 0 Å². The van der Waals surface area contributed by atoms with Crippen molar-refractivity contribution in [2.75, 3.05) is 5.32 Å². The molecule has 0 atom stereocenters. The lowest BCUT2D eigenvalue weighted by Crippen LogP contribution is -2.37. The van der Waals surface area contributed by atoms with Gasteiger partial charge < -0.3 is 16.4 Å². The van der Waals surface area contributed by atoms with Crippen molar-refractivity contribution in [1.29, 1.82) is 0 Å². The summed E-state index contributed by atoms with van der Waals surface area (Å²) in [6.07, 6.45) is 9.53. The van der Waals surface area contributed by atoms with Crippen molar-refractivity contribution in [3.63, 3.8) is 0 Å². The molecule has 0 saturated heterocycles. The first-order chi connectivity index (χ1) is 18.4. The predicted octanol–water partition coefficient (Wildman–Crippen LogP) is 6.17. The number of pyridine rings is 1. The molecule has 38 heavy (non-hydrogen) atoms. The lowest BCUT2D eigenvalue weighted by atomic mass is 9.84. The fraction of sp³-hybridized carbons (Fsp3) is 0.406. The quantitative estimate of drug-likeness (QED) is 0.321. The molecule has 3 aromatic rings. The van der Waals surface area contributed by atoms with Gasteiger partial charge in [-0.05, 0) is 68.1 Å². The molecule has 1 aromatic heterocycles. The molecule has 2 aliphatic carbocycles. The van der Waals surface area contributed by atoms with Gasteiger partial charge in [-0.3, -0.25) is 14.6 Å². The van der Waals surface area contributed by atoms with Crippen LogP contribution in [0.2, 0.25) is 0 Å². The molecule has 0 bridgehead atoms. The average molecular weight is 511 g/mol. The molecule has 2 aromatic carbocycles. The molecule has 2 aliphatic rings. The van der Waals surface area contributed by atoms with E-state index < -0.39 is 0 Å². The minimum absolute atomic E-state index is 0.0130. The molecule has 6 nitrogen and oxygen atoms in total. The van der Waals surface area contributed by atoms with Crippen LogP contribution in [0, 0.1) is 5.92 Å². The molecular formula is C32H38N4O2. The molecule has 2 amide bonds. The van der Waals surface area contributed by atoms with Crippen LogP contribution in [0.5, 0.6) is 0 Å². The lowest BCUT2D eigenvalue weighted by Gasteiger charge is -2.28. The number of rotatable bonds is 9. The van der Waals surface area contributed by atoms with E-state index in [1.54, 1.807) is 6.20 Å². The zero-order chi connectivity index (χ0) is 26.5. The summed E-state index contributed by atoms with van der Waals surface area (Å²) in [5.41, 5.74) is 12.0. The summed E-state index contributed by atoms with van der Waals surface area (Å²) in [5.74, 6) is 0.492. The number of nitrogens with one attached hydrogen (secondary N) is 2. The Balaban J connectivity index is 1.26. The summed E-state index contributed by atoms with van der Waals surface area (Å²) in [4.78, 5) is 29.6. The summed E-state index contributed by atoms with van der Waals surface area (Å²) in [6, 6.07) is 20.8. The Morgan fingerprint density at radius 1 is 0.947 bits per heavy atom. The number of nitrogens with zero attached hydrogens (tertiary/aromatic N) is 1. The Morgan fingerprint density at radius 3 is 2.32 bits per heavy atom. The molecule has 2 saturated carbocycles. The third-order valence-corrected chi connectivity index (χ3v) is 7.94. The van der Waals surface area contributed by atoms with Crippen LogP contribution in [-0.2, 0) is 15.1 Å². The minimum atomic E-state index is -0.162. The standard InChI is InChI=1S/C32H38N4O2/c1-2-6-29(37)35-26-15-9-22(10-16-26)19-30(38)36-27-20-28(23-7-4-3-5-8-23)31(34-21-27)24-11-13-25(14-12-24)32(33)17-18-32/h3-5,7-8,11-14,20-22,26H,2,6,9-10,15-19,33H2,1H3,(H,35,37)(H,36,38). The van der Waals surface area contributed by atoms with Crippen molar-refractivity contribution in [3.05, 3.63) is 72.4 Å². The van der Waals surface area contributed by atoms with E-state index >= 15 is 0 Å². The van der Waals surface area contributed by atoms with Gasteiger partial charge in [-0.1, -0.05) is 61.5 Å². The Morgan fingerprint density at radius 2 is 1.66 bits per heavy atom. The van der Waals surface area contributed by atoms with Gasteiger partial charge in [-0.2, -0.15) is 0 Å². The fourth-order valence-electron chi connectivity index (χ4n) is 5.50. The zero-order valence-electron chi connectivity index (χ0n) is 22.2. The highest BCUT2D eigenvalue weighted by Crippen LogP contribution is 2.43. The van der Waals surface area contributed by atoms with Crippen LogP contribution in [0.1, 0.15) is 70.3 Å². The second kappa shape index (κ2) is 11.5. The second-order valence-corrected chi connectivity index (χ2v) is 11.0. The largest absolute Gasteiger partial charge is 0.353 e. The van der Waals surface area contributed by atoms with Crippen molar-refractivity contribution < 1.29 is 9.59 Å². The summed E-state index contributed by atoms with van der Waals surface area (Å²) in [5, 5.41) is 6.22. The minimum Gasteiger partial charge on any atom is -0.353 e. The van der Waals surface area contributed by atoms with E-state index in [1.165, 1.54) is 5.56 Å². The van der Waals surface area contributed by atoms with Crippen LogP contribution in [0.15, 0.2) is 66.9 Å². The molecule has 198 valence electrons. The van der Waals surface area contributed by atoms with Crippen molar-refractivity contribution in [2.24, 2.45) is 11.7 Å². The molecule has 1 heterocycles. The van der Waals surface area contributed by atoms with Gasteiger partial charge in [0.1, 0.15) is 0 Å². The van der Waals surface area contributed by atoms with Crippen LogP contribution in [0.4, 0.5) is 5.69 Å². The maximum atomic E-state index is 12.9. The van der Waals surface area contributed by atoms with E-state index in [2.05, 4.69) is 47.0 Å². The molecule has 5 rings (SSSR count). The van der Waals surface area contributed by atoms with Crippen molar-refractivity contribution in [3.8, 4) is 22.4 Å². The normalized spacial score (nSPS) is 19.9. The second-order valence-electron chi connectivity index (χ2n) is 11.0. The maximum absolute atomic E-state index is 12.9. The Kier molecular flexibility index (Phi) is 7.89. The molecule has 0 radical (unpaired) electrons. The van der Waals surface area contributed by atoms with Crippen LogP contribution in [0.3, 0.4) is 0 Å². The smallest absolute Gasteiger partial charge is 0.224 e. The number of benzene rings is 2. The molecule has 2 fully saturated rings. The Hall–Kier alpha value is -3.51. The first kappa shape index (κ1) is 26.1. The molecule has 4 N–H and O–H groups in total. The molecule has 0 unspecified atom stereocenters. The zero-order valence-corrected chi connectivity index (χ0v) is 22.2. The maximum Gasteiger partial charge on any atom is 0.224 e. The van der Waals surface area contributed by atoms with E-state index in [1.807, 2.05) is 31.2 Å². The van der Waals surface area contributed by atoms with Gasteiger partial charge in [0, 0.05) is 35.5 Å². The topological polar surface area (TPSA) is 97.1 Å². The van der Waals surface area contributed by atoms with Gasteiger partial charge >= 0.3 is 0 Å². The van der Waals surface area contributed by atoms with Crippen LogP contribution in [-0.4, -0.2) is 22.8 Å². The van der Waals surface area contributed by atoms with Gasteiger partial charge in [0.25, 0.3) is 0 Å². The predicted molar refractivity (Wildman–Crippen MR) is 152 cm³/mol. The SMILES string of the molecule is CCCC(=O)NC1CCC(CC(=O)Nc2cnc(-c3ccc(C4(N)CC4)cc3)c(-c3ccccc3)c2)CC1. The third-order valence-electron chi connectivity index (χ3n) is 7.94. The summed E-state index contributed by atoms with van der Waals surface area (Å²) >= 11 is 0. The third kappa shape index (κ3) is 6.30. The van der Waals surface area contributed by atoms with Gasteiger partial charge in [-0.25, -0.2) is 0 Å². The highest BCUT2D eigenvalue weighted by atomic mass is 16.2. The molecular weight excluding hydrogens is 472 g/mol. The first-order valence-corrected chi connectivity index (χ1v) is 14.0. The summed E-state index contributed by atoms with van der Waals surface area (Å²) < 4.78 is 0.